The highest BCUT2D eigenvalue weighted by Gasteiger charge is 2.13. The van der Waals surface area contributed by atoms with Crippen LogP contribution in [0.3, 0.4) is 0 Å². The molecule has 0 saturated heterocycles. The van der Waals surface area contributed by atoms with Crippen LogP contribution in [0.15, 0.2) is 11.4 Å². The Morgan fingerprint density at radius 3 is 2.90 bits per heavy atom. The smallest absolute Gasteiger partial charge is 0.258 e. The summed E-state index contributed by atoms with van der Waals surface area (Å²) >= 11 is 1.08. The second kappa shape index (κ2) is 2.45. The number of rotatable bonds is 1. The van der Waals surface area contributed by atoms with Crippen molar-refractivity contribution in [3.63, 3.8) is 0 Å². The predicted octanol–water partition coefficient (Wildman–Crippen LogP) is 1.53. The Morgan fingerprint density at radius 1 is 1.80 bits per heavy atom. The van der Waals surface area contributed by atoms with Gasteiger partial charge in [0.2, 0.25) is 0 Å². The SMILES string of the molecule is N#Cc1sccc1[N+](=O)[O-]. The first-order valence-corrected chi connectivity index (χ1v) is 3.25. The second-order valence-corrected chi connectivity index (χ2v) is 2.42. The van der Waals surface area contributed by atoms with Gasteiger partial charge in [0.1, 0.15) is 6.07 Å². The van der Waals surface area contributed by atoms with Crippen LogP contribution in [0.2, 0.25) is 0 Å². The zero-order valence-corrected chi connectivity index (χ0v) is 5.59. The van der Waals surface area contributed by atoms with Gasteiger partial charge in [0.05, 0.1) is 4.92 Å². The van der Waals surface area contributed by atoms with Gasteiger partial charge in [0.15, 0.2) is 4.88 Å². The van der Waals surface area contributed by atoms with E-state index in [4.69, 9.17) is 5.26 Å². The molecule has 0 aliphatic rings. The molecule has 4 nitrogen and oxygen atoms in total. The fourth-order valence-corrected chi connectivity index (χ4v) is 1.18. The molecular weight excluding hydrogens is 152 g/mol. The van der Waals surface area contributed by atoms with Gasteiger partial charge in [-0.25, -0.2) is 0 Å². The molecule has 0 fully saturated rings. The molecule has 0 unspecified atom stereocenters. The van der Waals surface area contributed by atoms with Crippen molar-refractivity contribution < 1.29 is 4.92 Å². The molecule has 0 aliphatic carbocycles. The van der Waals surface area contributed by atoms with Crippen LogP contribution in [0.1, 0.15) is 4.88 Å². The minimum atomic E-state index is -0.560. The fraction of sp³-hybridized carbons (Fsp3) is 0. The average Bonchev–Trinajstić information content (AvgIpc) is 2.33. The van der Waals surface area contributed by atoms with Crippen LogP contribution in [0, 0.1) is 21.4 Å². The van der Waals surface area contributed by atoms with Gasteiger partial charge in [-0.2, -0.15) is 5.26 Å². The minimum Gasteiger partial charge on any atom is -0.258 e. The van der Waals surface area contributed by atoms with Crippen molar-refractivity contribution >= 4 is 17.0 Å². The summed E-state index contributed by atoms with van der Waals surface area (Å²) in [7, 11) is 0. The molecule has 0 bridgehead atoms. The normalized spacial score (nSPS) is 8.70. The fourth-order valence-electron chi connectivity index (χ4n) is 0.530. The molecule has 0 saturated carbocycles. The van der Waals surface area contributed by atoms with Gasteiger partial charge in [0.25, 0.3) is 5.69 Å². The first kappa shape index (κ1) is 6.71. The molecule has 0 atom stereocenters. The maximum absolute atomic E-state index is 10.1. The van der Waals surface area contributed by atoms with E-state index < -0.39 is 4.92 Å². The summed E-state index contributed by atoms with van der Waals surface area (Å²) in [4.78, 5) is 9.70. The Hall–Kier alpha value is -1.41. The number of thiophene rings is 1. The van der Waals surface area contributed by atoms with E-state index in [0.717, 1.165) is 11.3 Å². The lowest BCUT2D eigenvalue weighted by molar-refractivity contribution is -0.384. The van der Waals surface area contributed by atoms with Crippen molar-refractivity contribution in [3.8, 4) is 6.07 Å². The molecule has 1 rings (SSSR count). The Labute approximate surface area is 60.5 Å². The van der Waals surface area contributed by atoms with Crippen LogP contribution >= 0.6 is 11.3 Å². The number of hydrogen-bond acceptors (Lipinski definition) is 4. The topological polar surface area (TPSA) is 66.9 Å². The van der Waals surface area contributed by atoms with Crippen molar-refractivity contribution in [1.82, 2.24) is 0 Å². The van der Waals surface area contributed by atoms with E-state index in [1.807, 2.05) is 0 Å². The Balaban J connectivity index is 3.17. The molecule has 0 aliphatic heterocycles. The van der Waals surface area contributed by atoms with E-state index in [-0.39, 0.29) is 10.6 Å². The van der Waals surface area contributed by atoms with Crippen molar-refractivity contribution in [3.05, 3.63) is 26.4 Å². The first-order valence-electron chi connectivity index (χ1n) is 2.37. The van der Waals surface area contributed by atoms with Gasteiger partial charge in [-0.3, -0.25) is 10.1 Å². The summed E-state index contributed by atoms with van der Waals surface area (Å²) in [5.74, 6) is 0. The monoisotopic (exact) mass is 154 g/mol. The largest absolute Gasteiger partial charge is 0.297 e. The summed E-state index contributed by atoms with van der Waals surface area (Å²) in [6, 6.07) is 3.06. The summed E-state index contributed by atoms with van der Waals surface area (Å²) in [5, 5.41) is 19.9. The van der Waals surface area contributed by atoms with Crippen molar-refractivity contribution in [2.24, 2.45) is 0 Å². The summed E-state index contributed by atoms with van der Waals surface area (Å²) in [6.07, 6.45) is 0. The number of hydrogen-bond donors (Lipinski definition) is 0. The summed E-state index contributed by atoms with van der Waals surface area (Å²) in [5.41, 5.74) is -0.104. The Bertz CT molecular complexity index is 299. The number of nitro groups is 1. The molecule has 5 heteroatoms. The quantitative estimate of drug-likeness (QED) is 0.455. The molecule has 0 aromatic carbocycles. The van der Waals surface area contributed by atoms with Crippen molar-refractivity contribution in [1.29, 1.82) is 5.26 Å². The van der Waals surface area contributed by atoms with E-state index in [2.05, 4.69) is 0 Å². The van der Waals surface area contributed by atoms with Gasteiger partial charge in [-0.1, -0.05) is 0 Å². The lowest BCUT2D eigenvalue weighted by Gasteiger charge is -1.81. The second-order valence-electron chi connectivity index (χ2n) is 1.50. The highest BCUT2D eigenvalue weighted by molar-refractivity contribution is 7.11. The lowest BCUT2D eigenvalue weighted by Crippen LogP contribution is -1.86. The maximum Gasteiger partial charge on any atom is 0.297 e. The third kappa shape index (κ3) is 0.967. The zero-order chi connectivity index (χ0) is 7.56. The first-order chi connectivity index (χ1) is 4.75. The minimum absolute atomic E-state index is 0.104. The molecule has 10 heavy (non-hydrogen) atoms. The molecule has 0 amide bonds. The zero-order valence-electron chi connectivity index (χ0n) is 4.77. The lowest BCUT2D eigenvalue weighted by atomic mass is 10.4. The Kier molecular flexibility index (Phi) is 1.65. The summed E-state index contributed by atoms with van der Waals surface area (Å²) < 4.78 is 0. The molecule has 1 heterocycles. The van der Waals surface area contributed by atoms with Gasteiger partial charge < -0.3 is 0 Å². The van der Waals surface area contributed by atoms with Crippen LogP contribution in [0.25, 0.3) is 0 Å². The van der Waals surface area contributed by atoms with Crippen LogP contribution in [0.5, 0.6) is 0 Å². The van der Waals surface area contributed by atoms with Gasteiger partial charge in [-0.05, 0) is 5.38 Å². The maximum atomic E-state index is 10.1. The van der Waals surface area contributed by atoms with Crippen molar-refractivity contribution in [2.45, 2.75) is 0 Å². The van der Waals surface area contributed by atoms with E-state index in [0.29, 0.717) is 0 Å². The molecule has 1 aromatic heterocycles. The van der Waals surface area contributed by atoms with Crippen LogP contribution in [-0.2, 0) is 0 Å². The number of nitriles is 1. The molecule has 0 spiro atoms. The molecule has 0 radical (unpaired) electrons. The third-order valence-electron chi connectivity index (χ3n) is 0.943. The van der Waals surface area contributed by atoms with Gasteiger partial charge in [0, 0.05) is 6.07 Å². The third-order valence-corrected chi connectivity index (χ3v) is 1.75. The number of nitrogens with zero attached hydrogens (tertiary/aromatic N) is 2. The van der Waals surface area contributed by atoms with E-state index >= 15 is 0 Å². The molecule has 50 valence electrons. The van der Waals surface area contributed by atoms with Crippen molar-refractivity contribution in [2.75, 3.05) is 0 Å². The molecule has 0 N–H and O–H groups in total. The standard InChI is InChI=1S/C5H2N2O2S/c6-3-5-4(7(8)9)1-2-10-5/h1-2H. The molecule has 1 aromatic rings. The predicted molar refractivity (Wildman–Crippen MR) is 35.7 cm³/mol. The Morgan fingerprint density at radius 2 is 2.50 bits per heavy atom. The van der Waals surface area contributed by atoms with Crippen LogP contribution in [-0.4, -0.2) is 4.92 Å². The van der Waals surface area contributed by atoms with Crippen LogP contribution < -0.4 is 0 Å². The average molecular weight is 154 g/mol. The highest BCUT2D eigenvalue weighted by atomic mass is 32.1. The molecular formula is C5H2N2O2S. The van der Waals surface area contributed by atoms with Crippen LogP contribution in [0.4, 0.5) is 5.69 Å². The van der Waals surface area contributed by atoms with E-state index in [9.17, 15) is 10.1 Å². The van der Waals surface area contributed by atoms with E-state index in [1.165, 1.54) is 11.4 Å². The highest BCUT2D eigenvalue weighted by Crippen LogP contribution is 2.22. The van der Waals surface area contributed by atoms with Gasteiger partial charge in [-0.15, -0.1) is 11.3 Å². The van der Waals surface area contributed by atoms with E-state index in [1.54, 1.807) is 6.07 Å². The van der Waals surface area contributed by atoms with Gasteiger partial charge >= 0.3 is 0 Å². The summed E-state index contributed by atoms with van der Waals surface area (Å²) in [6.45, 7) is 0.